The third-order valence-electron chi connectivity index (χ3n) is 9.62. The Morgan fingerprint density at radius 1 is 0.585 bits per heavy atom. The van der Waals surface area contributed by atoms with Gasteiger partial charge in [0.2, 0.25) is 0 Å². The third kappa shape index (κ3) is 16.8. The molecule has 0 aliphatic rings. The first-order valence-corrected chi connectivity index (χ1v) is 20.1. The fourth-order valence-electron chi connectivity index (χ4n) is 6.32. The fraction of sp³-hybridized carbons (Fsp3) is 0.556. The van der Waals surface area contributed by atoms with Crippen molar-refractivity contribution in [2.75, 3.05) is 6.61 Å². The summed E-state index contributed by atoms with van der Waals surface area (Å²) in [4.78, 5) is 25.6. The van der Waals surface area contributed by atoms with Gasteiger partial charge in [0.1, 0.15) is 11.5 Å². The van der Waals surface area contributed by atoms with Crippen LogP contribution in [0.1, 0.15) is 162 Å². The van der Waals surface area contributed by atoms with Crippen LogP contribution in [0.5, 0.6) is 11.5 Å². The number of halogens is 3. The maximum absolute atomic E-state index is 13.6. The van der Waals surface area contributed by atoms with E-state index in [4.69, 9.17) is 14.2 Å². The van der Waals surface area contributed by atoms with E-state index in [0.717, 1.165) is 49.0 Å². The molecule has 0 unspecified atom stereocenters. The first-order chi connectivity index (χ1) is 25.6. The number of hydrogen-bond donors (Lipinski definition) is 0. The molecule has 53 heavy (non-hydrogen) atoms. The number of aryl methyl sites for hydroxylation is 1. The lowest BCUT2D eigenvalue weighted by molar-refractivity contribution is -0.206. The van der Waals surface area contributed by atoms with Gasteiger partial charge in [-0.05, 0) is 85.3 Å². The number of carbonyl (C=O) groups excluding carboxylic acids is 2. The summed E-state index contributed by atoms with van der Waals surface area (Å²) in [6, 6.07) is 19.0. The van der Waals surface area contributed by atoms with Crippen LogP contribution in [-0.4, -0.2) is 30.8 Å². The number of rotatable bonds is 26. The number of ether oxygens (including phenoxy) is 3. The van der Waals surface area contributed by atoms with Gasteiger partial charge in [-0.2, -0.15) is 13.2 Å². The van der Waals surface area contributed by atoms with E-state index in [1.54, 1.807) is 19.1 Å². The monoisotopic (exact) mass is 738 g/mol. The van der Waals surface area contributed by atoms with E-state index in [9.17, 15) is 22.8 Å². The summed E-state index contributed by atoms with van der Waals surface area (Å²) in [6.07, 6.45) is 13.6. The van der Waals surface area contributed by atoms with E-state index in [-0.39, 0.29) is 17.7 Å². The fourth-order valence-corrected chi connectivity index (χ4v) is 6.32. The summed E-state index contributed by atoms with van der Waals surface area (Å²) in [5, 5.41) is 0. The minimum absolute atomic E-state index is 0.0374. The number of benzene rings is 3. The van der Waals surface area contributed by atoms with Gasteiger partial charge in [-0.1, -0.05) is 141 Å². The maximum atomic E-state index is 13.6. The Hall–Kier alpha value is -3.81. The quantitative estimate of drug-likeness (QED) is 0.0466. The van der Waals surface area contributed by atoms with Gasteiger partial charge < -0.3 is 14.2 Å². The zero-order chi connectivity index (χ0) is 38.3. The highest BCUT2D eigenvalue weighted by atomic mass is 19.4. The number of hydrogen-bond acceptors (Lipinski definition) is 5. The molecule has 5 nitrogen and oxygen atoms in total. The summed E-state index contributed by atoms with van der Waals surface area (Å²) in [7, 11) is 0. The van der Waals surface area contributed by atoms with Crippen LogP contribution in [0.4, 0.5) is 13.2 Å². The Labute approximate surface area is 316 Å². The molecule has 0 fully saturated rings. The summed E-state index contributed by atoms with van der Waals surface area (Å²) in [5.74, 6) is -0.615. The van der Waals surface area contributed by atoms with E-state index < -0.39 is 24.2 Å². The Morgan fingerprint density at radius 3 is 1.57 bits per heavy atom. The minimum Gasteiger partial charge on any atom is -0.494 e. The van der Waals surface area contributed by atoms with Gasteiger partial charge in [-0.3, -0.25) is 0 Å². The summed E-state index contributed by atoms with van der Waals surface area (Å²) in [6.45, 7) is 6.66. The number of carbonyl (C=O) groups is 2. The molecule has 3 aromatic rings. The van der Waals surface area contributed by atoms with Gasteiger partial charge >= 0.3 is 18.1 Å². The van der Waals surface area contributed by atoms with Crippen LogP contribution < -0.4 is 9.47 Å². The van der Waals surface area contributed by atoms with Gasteiger partial charge in [0, 0.05) is 0 Å². The summed E-state index contributed by atoms with van der Waals surface area (Å²) in [5.41, 5.74) is 2.64. The van der Waals surface area contributed by atoms with Crippen LogP contribution in [0.3, 0.4) is 0 Å². The standard InChI is InChI=1S/C45H61F3O5/c1-4-6-8-10-12-13-14-15-16-17-19-21-33-51-40-30-27-37(28-31-40)36-23-25-38(26-24-36)43(49)52-41-32-29-39(34-35(41)3)44(50)53-42(45(46,47)48)22-20-18-11-9-7-5-2/h23-32,34,42H,4-22,33H2,1-3H3/t42-/m0/s1. The van der Waals surface area contributed by atoms with Crippen molar-refractivity contribution in [2.24, 2.45) is 0 Å². The largest absolute Gasteiger partial charge is 0.494 e. The molecule has 0 saturated heterocycles. The van der Waals surface area contributed by atoms with Crippen molar-refractivity contribution in [1.29, 1.82) is 0 Å². The molecule has 0 N–H and O–H groups in total. The van der Waals surface area contributed by atoms with Crippen molar-refractivity contribution in [3.05, 3.63) is 83.4 Å². The lowest BCUT2D eigenvalue weighted by Gasteiger charge is -2.21. The molecule has 1 atom stereocenters. The van der Waals surface area contributed by atoms with Crippen LogP contribution in [0.15, 0.2) is 66.7 Å². The van der Waals surface area contributed by atoms with Gasteiger partial charge in [0.25, 0.3) is 0 Å². The third-order valence-corrected chi connectivity index (χ3v) is 9.62. The van der Waals surface area contributed by atoms with Crippen LogP contribution in [0.25, 0.3) is 11.1 Å². The zero-order valence-electron chi connectivity index (χ0n) is 32.2. The molecule has 292 valence electrons. The summed E-state index contributed by atoms with van der Waals surface area (Å²) >= 11 is 0. The molecular weight excluding hydrogens is 677 g/mol. The second kappa shape index (κ2) is 24.5. The van der Waals surface area contributed by atoms with Crippen LogP contribution in [-0.2, 0) is 4.74 Å². The number of esters is 2. The topological polar surface area (TPSA) is 61.8 Å². The average Bonchev–Trinajstić information content (AvgIpc) is 3.15. The Morgan fingerprint density at radius 2 is 1.06 bits per heavy atom. The average molecular weight is 739 g/mol. The molecular formula is C45H61F3O5. The molecule has 0 aromatic heterocycles. The van der Waals surface area contributed by atoms with Crippen LogP contribution >= 0.6 is 0 Å². The molecule has 0 spiro atoms. The predicted molar refractivity (Wildman–Crippen MR) is 208 cm³/mol. The van der Waals surface area contributed by atoms with Crippen LogP contribution in [0, 0.1) is 6.92 Å². The first kappa shape index (κ1) is 43.6. The minimum atomic E-state index is -4.65. The van der Waals surface area contributed by atoms with Crippen molar-refractivity contribution in [3.63, 3.8) is 0 Å². The van der Waals surface area contributed by atoms with Crippen molar-refractivity contribution in [2.45, 2.75) is 155 Å². The Kier molecular flexibility index (Phi) is 20.1. The normalized spacial score (nSPS) is 12.0. The zero-order valence-corrected chi connectivity index (χ0v) is 32.2. The molecule has 0 aliphatic heterocycles. The van der Waals surface area contributed by atoms with E-state index in [0.29, 0.717) is 30.6 Å². The van der Waals surface area contributed by atoms with E-state index in [2.05, 4.69) is 13.8 Å². The smallest absolute Gasteiger partial charge is 0.425 e. The number of alkyl halides is 3. The van der Waals surface area contributed by atoms with Gasteiger partial charge in [-0.15, -0.1) is 0 Å². The first-order valence-electron chi connectivity index (χ1n) is 20.1. The lowest BCUT2D eigenvalue weighted by Crippen LogP contribution is -2.33. The van der Waals surface area contributed by atoms with Gasteiger partial charge in [0.15, 0.2) is 6.10 Å². The van der Waals surface area contributed by atoms with Crippen LogP contribution in [0.2, 0.25) is 0 Å². The van der Waals surface area contributed by atoms with Crippen molar-refractivity contribution < 1.29 is 37.0 Å². The van der Waals surface area contributed by atoms with Crippen molar-refractivity contribution >= 4 is 11.9 Å². The molecule has 0 saturated carbocycles. The molecule has 0 radical (unpaired) electrons. The Bertz CT molecular complexity index is 1470. The second-order valence-electron chi connectivity index (χ2n) is 14.2. The van der Waals surface area contributed by atoms with Crippen molar-refractivity contribution in [1.82, 2.24) is 0 Å². The SMILES string of the molecule is CCCCCCCCCCCCCCOc1ccc(-c2ccc(C(=O)Oc3ccc(C(=O)O[C@@H](CCCCCCCC)C(F)(F)F)cc3C)cc2)cc1. The molecule has 3 rings (SSSR count). The van der Waals surface area contributed by atoms with Gasteiger partial charge in [-0.25, -0.2) is 9.59 Å². The molecule has 3 aromatic carbocycles. The van der Waals surface area contributed by atoms with Gasteiger partial charge in [0.05, 0.1) is 17.7 Å². The highest BCUT2D eigenvalue weighted by Crippen LogP contribution is 2.30. The Balaban J connectivity index is 1.40. The summed E-state index contributed by atoms with van der Waals surface area (Å²) < 4.78 is 57.2. The molecule has 0 amide bonds. The highest BCUT2D eigenvalue weighted by molar-refractivity contribution is 5.93. The molecule has 8 heteroatoms. The molecule has 0 heterocycles. The maximum Gasteiger partial charge on any atom is 0.425 e. The lowest BCUT2D eigenvalue weighted by atomic mass is 10.0. The predicted octanol–water partition coefficient (Wildman–Crippen LogP) is 13.8. The second-order valence-corrected chi connectivity index (χ2v) is 14.2. The van der Waals surface area contributed by atoms with E-state index in [1.165, 1.54) is 88.8 Å². The van der Waals surface area contributed by atoms with E-state index in [1.807, 2.05) is 36.4 Å². The van der Waals surface area contributed by atoms with E-state index >= 15 is 0 Å². The van der Waals surface area contributed by atoms with Crippen molar-refractivity contribution in [3.8, 4) is 22.6 Å². The molecule has 0 bridgehead atoms. The molecule has 0 aliphatic carbocycles. The highest BCUT2D eigenvalue weighted by Gasteiger charge is 2.42. The number of unbranched alkanes of at least 4 members (excludes halogenated alkanes) is 16.